The van der Waals surface area contributed by atoms with E-state index in [9.17, 15) is 9.59 Å². The zero-order valence-corrected chi connectivity index (χ0v) is 17.3. The minimum Gasteiger partial charge on any atom is -0.466 e. The minimum absolute atomic E-state index is 0.0504. The number of carbonyl (C=O) groups excluding carboxylic acids is 2. The number of esters is 2. The van der Waals surface area contributed by atoms with Crippen molar-refractivity contribution in [3.05, 3.63) is 0 Å². The number of thioether (sulfide) groups is 1. The Morgan fingerprint density at radius 3 is 1.69 bits per heavy atom. The van der Waals surface area contributed by atoms with Gasteiger partial charge in [0.1, 0.15) is 6.61 Å². The van der Waals surface area contributed by atoms with Crippen LogP contribution in [-0.2, 0) is 19.1 Å². The lowest BCUT2D eigenvalue weighted by Crippen LogP contribution is -2.10. The first-order valence-electron chi connectivity index (χ1n) is 10.2. The highest BCUT2D eigenvalue weighted by molar-refractivity contribution is 7.99. The molecule has 5 nitrogen and oxygen atoms in total. The van der Waals surface area contributed by atoms with Crippen molar-refractivity contribution >= 4 is 23.7 Å². The predicted octanol–water partition coefficient (Wildman–Crippen LogP) is 4.50. The second-order valence-electron chi connectivity index (χ2n) is 6.46. The van der Waals surface area contributed by atoms with E-state index in [2.05, 4.69) is 6.92 Å². The molecule has 26 heavy (non-hydrogen) atoms. The second kappa shape index (κ2) is 20.6. The number of rotatable bonds is 19. The van der Waals surface area contributed by atoms with Crippen molar-refractivity contribution in [1.82, 2.24) is 0 Å². The standard InChI is InChI=1S/C20H38O5S/c1-2-3-4-5-6-7-8-9-10-11-15-24-19(22)12-17-26-18-13-20(23)25-16-14-21/h21H,2-18H2,1H3. The summed E-state index contributed by atoms with van der Waals surface area (Å²) in [5.41, 5.74) is 0. The summed E-state index contributed by atoms with van der Waals surface area (Å²) in [4.78, 5) is 22.8. The van der Waals surface area contributed by atoms with Crippen molar-refractivity contribution in [1.29, 1.82) is 0 Å². The van der Waals surface area contributed by atoms with Crippen molar-refractivity contribution in [3.8, 4) is 0 Å². The van der Waals surface area contributed by atoms with Gasteiger partial charge in [0.2, 0.25) is 0 Å². The van der Waals surface area contributed by atoms with E-state index in [-0.39, 0.29) is 25.2 Å². The van der Waals surface area contributed by atoms with E-state index < -0.39 is 0 Å². The molecule has 0 aliphatic heterocycles. The van der Waals surface area contributed by atoms with E-state index in [4.69, 9.17) is 14.6 Å². The van der Waals surface area contributed by atoms with Gasteiger partial charge in [0.05, 0.1) is 26.1 Å². The van der Waals surface area contributed by atoms with Crippen LogP contribution in [0.15, 0.2) is 0 Å². The Hall–Kier alpha value is -0.750. The van der Waals surface area contributed by atoms with Gasteiger partial charge in [-0.2, -0.15) is 11.8 Å². The maximum atomic E-state index is 11.6. The van der Waals surface area contributed by atoms with Gasteiger partial charge in [-0.3, -0.25) is 9.59 Å². The highest BCUT2D eigenvalue weighted by Gasteiger charge is 2.05. The van der Waals surface area contributed by atoms with Gasteiger partial charge < -0.3 is 14.6 Å². The van der Waals surface area contributed by atoms with Gasteiger partial charge in [0, 0.05) is 11.5 Å². The van der Waals surface area contributed by atoms with Gasteiger partial charge in [-0.05, 0) is 6.42 Å². The first kappa shape index (κ1) is 25.2. The molecule has 0 radical (unpaired) electrons. The molecule has 0 rings (SSSR count). The molecule has 0 fully saturated rings. The fourth-order valence-electron chi connectivity index (χ4n) is 2.49. The fourth-order valence-corrected chi connectivity index (χ4v) is 3.32. The van der Waals surface area contributed by atoms with E-state index in [0.717, 1.165) is 12.8 Å². The van der Waals surface area contributed by atoms with E-state index in [0.29, 0.717) is 31.0 Å². The molecule has 0 aromatic carbocycles. The third-order valence-corrected chi connectivity index (χ3v) is 5.00. The zero-order chi connectivity index (χ0) is 19.3. The summed E-state index contributed by atoms with van der Waals surface area (Å²) in [6.07, 6.45) is 13.4. The molecule has 6 heteroatoms. The lowest BCUT2D eigenvalue weighted by molar-refractivity contribution is -0.144. The number of aliphatic hydroxyl groups is 1. The topological polar surface area (TPSA) is 72.8 Å². The van der Waals surface area contributed by atoms with Crippen molar-refractivity contribution in [3.63, 3.8) is 0 Å². The summed E-state index contributed by atoms with van der Waals surface area (Å²) in [6.45, 7) is 2.66. The maximum absolute atomic E-state index is 11.6. The summed E-state index contributed by atoms with van der Waals surface area (Å²) >= 11 is 1.54. The molecule has 0 aliphatic carbocycles. The lowest BCUT2D eigenvalue weighted by atomic mass is 10.1. The summed E-state index contributed by atoms with van der Waals surface area (Å²) < 4.78 is 9.97. The number of ether oxygens (including phenoxy) is 2. The highest BCUT2D eigenvalue weighted by atomic mass is 32.2. The van der Waals surface area contributed by atoms with Crippen molar-refractivity contribution in [2.45, 2.75) is 84.0 Å². The van der Waals surface area contributed by atoms with Crippen LogP contribution in [0.2, 0.25) is 0 Å². The van der Waals surface area contributed by atoms with Crippen LogP contribution < -0.4 is 0 Å². The van der Waals surface area contributed by atoms with Gasteiger partial charge >= 0.3 is 11.9 Å². The molecule has 0 aliphatic rings. The smallest absolute Gasteiger partial charge is 0.306 e. The Balaban J connectivity index is 3.23. The molecular weight excluding hydrogens is 352 g/mol. The van der Waals surface area contributed by atoms with Crippen LogP contribution >= 0.6 is 11.8 Å². The maximum Gasteiger partial charge on any atom is 0.306 e. The average molecular weight is 391 g/mol. The van der Waals surface area contributed by atoms with Crippen molar-refractivity contribution in [2.75, 3.05) is 31.3 Å². The van der Waals surface area contributed by atoms with E-state index in [1.54, 1.807) is 0 Å². The van der Waals surface area contributed by atoms with Crippen LogP contribution in [0.1, 0.15) is 84.0 Å². The highest BCUT2D eigenvalue weighted by Crippen LogP contribution is 2.11. The predicted molar refractivity (Wildman–Crippen MR) is 107 cm³/mol. The fraction of sp³-hybridized carbons (Fsp3) is 0.900. The van der Waals surface area contributed by atoms with Crippen LogP contribution in [0.25, 0.3) is 0 Å². The second-order valence-corrected chi connectivity index (χ2v) is 7.68. The number of hydrogen-bond donors (Lipinski definition) is 1. The van der Waals surface area contributed by atoms with Gasteiger partial charge in [0.25, 0.3) is 0 Å². The molecule has 0 bridgehead atoms. The molecule has 0 aromatic heterocycles. The summed E-state index contributed by atoms with van der Waals surface area (Å²) in [5.74, 6) is 0.812. The van der Waals surface area contributed by atoms with Crippen molar-refractivity contribution in [2.24, 2.45) is 0 Å². The van der Waals surface area contributed by atoms with Crippen LogP contribution in [0.4, 0.5) is 0 Å². The monoisotopic (exact) mass is 390 g/mol. The van der Waals surface area contributed by atoms with Gasteiger partial charge in [-0.15, -0.1) is 0 Å². The summed E-state index contributed by atoms with van der Waals surface area (Å²) in [6, 6.07) is 0. The lowest BCUT2D eigenvalue weighted by Gasteiger charge is -2.05. The van der Waals surface area contributed by atoms with Crippen molar-refractivity contribution < 1.29 is 24.2 Å². The third kappa shape index (κ3) is 19.6. The number of hydrogen-bond acceptors (Lipinski definition) is 6. The Morgan fingerprint density at radius 2 is 1.19 bits per heavy atom. The average Bonchev–Trinajstić information content (AvgIpc) is 2.64. The molecule has 0 spiro atoms. The van der Waals surface area contributed by atoms with Crippen LogP contribution in [0.3, 0.4) is 0 Å². The van der Waals surface area contributed by atoms with Crippen LogP contribution in [-0.4, -0.2) is 48.4 Å². The quantitative estimate of drug-likeness (QED) is 0.259. The first-order chi connectivity index (χ1) is 12.7. The Bertz CT molecular complexity index is 336. The number of aliphatic hydroxyl groups excluding tert-OH is 1. The molecule has 0 aromatic rings. The third-order valence-electron chi connectivity index (χ3n) is 4.02. The number of carbonyl (C=O) groups is 2. The van der Waals surface area contributed by atoms with Gasteiger partial charge in [0.15, 0.2) is 0 Å². The summed E-state index contributed by atoms with van der Waals surface area (Å²) in [5, 5.41) is 8.53. The molecule has 1 N–H and O–H groups in total. The minimum atomic E-state index is -0.310. The molecule has 154 valence electrons. The Labute approximate surface area is 163 Å². The van der Waals surface area contributed by atoms with Gasteiger partial charge in [-0.25, -0.2) is 0 Å². The molecule has 0 unspecified atom stereocenters. The molecule has 0 saturated carbocycles. The molecular formula is C20H38O5S. The Morgan fingerprint density at radius 1 is 0.731 bits per heavy atom. The zero-order valence-electron chi connectivity index (χ0n) is 16.5. The van der Waals surface area contributed by atoms with E-state index in [1.807, 2.05) is 0 Å². The van der Waals surface area contributed by atoms with Crippen LogP contribution in [0.5, 0.6) is 0 Å². The van der Waals surface area contributed by atoms with E-state index >= 15 is 0 Å². The summed E-state index contributed by atoms with van der Waals surface area (Å²) in [7, 11) is 0. The Kier molecular flexibility index (Phi) is 20.0. The molecule has 0 heterocycles. The number of unbranched alkanes of at least 4 members (excludes halogenated alkanes) is 9. The SMILES string of the molecule is CCCCCCCCCCCCOC(=O)CCSCCC(=O)OCCO. The largest absolute Gasteiger partial charge is 0.466 e. The first-order valence-corrected chi connectivity index (χ1v) is 11.4. The molecule has 0 saturated heterocycles. The molecule has 0 amide bonds. The molecule has 0 atom stereocenters. The normalized spacial score (nSPS) is 10.7. The van der Waals surface area contributed by atoms with Gasteiger partial charge in [-0.1, -0.05) is 64.7 Å². The van der Waals surface area contributed by atoms with E-state index in [1.165, 1.54) is 63.1 Å². The van der Waals surface area contributed by atoms with Crippen LogP contribution in [0, 0.1) is 0 Å².